The van der Waals surface area contributed by atoms with E-state index in [0.717, 1.165) is 38.0 Å². The van der Waals surface area contributed by atoms with Gasteiger partial charge in [-0.15, -0.1) is 0 Å². The van der Waals surface area contributed by atoms with Gasteiger partial charge in [0.25, 0.3) is 0 Å². The lowest BCUT2D eigenvalue weighted by molar-refractivity contribution is -0.118. The first-order valence-corrected chi connectivity index (χ1v) is 9.30. The molecule has 1 spiro atoms. The summed E-state index contributed by atoms with van der Waals surface area (Å²) in [6.07, 6.45) is 4.64. The Bertz CT molecular complexity index is 764. The topological polar surface area (TPSA) is 38.3 Å². The number of anilines is 1. The molecule has 1 heterocycles. The maximum atomic E-state index is 12.3. The van der Waals surface area contributed by atoms with E-state index >= 15 is 0 Å². The van der Waals surface area contributed by atoms with Crippen LogP contribution in [-0.2, 0) is 21.7 Å². The van der Waals surface area contributed by atoms with E-state index in [9.17, 15) is 4.79 Å². The van der Waals surface area contributed by atoms with Gasteiger partial charge in [-0.05, 0) is 67.0 Å². The summed E-state index contributed by atoms with van der Waals surface area (Å²) >= 11 is 5.87. The molecule has 0 unspecified atom stereocenters. The quantitative estimate of drug-likeness (QED) is 0.812. The first-order chi connectivity index (χ1) is 12.1. The van der Waals surface area contributed by atoms with Crippen LogP contribution in [0.2, 0.25) is 5.02 Å². The van der Waals surface area contributed by atoms with Crippen molar-refractivity contribution in [1.82, 2.24) is 0 Å². The highest BCUT2D eigenvalue weighted by atomic mass is 35.5. The zero-order valence-electron chi connectivity index (χ0n) is 14.1. The summed E-state index contributed by atoms with van der Waals surface area (Å²) in [7, 11) is 0. The van der Waals surface area contributed by atoms with Gasteiger partial charge in [0.15, 0.2) is 0 Å². The fourth-order valence-corrected chi connectivity index (χ4v) is 4.28. The van der Waals surface area contributed by atoms with E-state index in [0.29, 0.717) is 17.4 Å². The second kappa shape index (κ2) is 6.81. The highest BCUT2D eigenvalue weighted by molar-refractivity contribution is 6.30. The highest BCUT2D eigenvalue weighted by Gasteiger charge is 2.42. The van der Waals surface area contributed by atoms with Crippen LogP contribution in [0.1, 0.15) is 43.2 Å². The van der Waals surface area contributed by atoms with Crippen LogP contribution in [0.15, 0.2) is 48.5 Å². The lowest BCUT2D eigenvalue weighted by Crippen LogP contribution is -2.32. The Kier molecular flexibility index (Phi) is 4.53. The van der Waals surface area contributed by atoms with Gasteiger partial charge in [0.2, 0.25) is 5.91 Å². The van der Waals surface area contributed by atoms with Crippen LogP contribution in [0.4, 0.5) is 5.69 Å². The van der Waals surface area contributed by atoms with Gasteiger partial charge in [-0.25, -0.2) is 0 Å². The van der Waals surface area contributed by atoms with E-state index in [1.54, 1.807) is 12.1 Å². The molecule has 4 heteroatoms. The number of hydrogen-bond donors (Lipinski definition) is 1. The minimum Gasteiger partial charge on any atom is -0.366 e. The zero-order chi connectivity index (χ0) is 17.3. The summed E-state index contributed by atoms with van der Waals surface area (Å²) in [5.41, 5.74) is 3.37. The van der Waals surface area contributed by atoms with Crippen LogP contribution in [0, 0.1) is 5.92 Å². The molecule has 25 heavy (non-hydrogen) atoms. The summed E-state index contributed by atoms with van der Waals surface area (Å²) < 4.78 is 6.20. The molecule has 1 amide bonds. The largest absolute Gasteiger partial charge is 0.366 e. The molecule has 1 aliphatic carbocycles. The van der Waals surface area contributed by atoms with Gasteiger partial charge < -0.3 is 10.1 Å². The molecule has 2 aromatic rings. The lowest BCUT2D eigenvalue weighted by Gasteiger charge is -2.37. The third-order valence-corrected chi connectivity index (χ3v) is 5.78. The smallest absolute Gasteiger partial charge is 0.224 e. The standard InChI is InChI=1S/C21H22ClNO2/c22-17-5-7-18(8-6-17)23-20(24)13-15-9-11-21(12-10-15)19-4-2-1-3-16(19)14-25-21/h1-8,15H,9-14H2,(H,23,24)/t15-,21-. The first-order valence-electron chi connectivity index (χ1n) is 8.92. The molecule has 0 saturated heterocycles. The molecule has 0 atom stereocenters. The average molecular weight is 356 g/mol. The SMILES string of the molecule is O=C(C[C@H]1CC[C@@]2(CC1)OCc1ccccc12)Nc1ccc(Cl)cc1. The molecular formula is C21H22ClNO2. The van der Waals surface area contributed by atoms with Gasteiger partial charge >= 0.3 is 0 Å². The monoisotopic (exact) mass is 355 g/mol. The van der Waals surface area contributed by atoms with Crippen molar-refractivity contribution >= 4 is 23.2 Å². The fraction of sp³-hybridized carbons (Fsp3) is 0.381. The zero-order valence-corrected chi connectivity index (χ0v) is 14.9. The third kappa shape index (κ3) is 3.44. The summed E-state index contributed by atoms with van der Waals surface area (Å²) in [4.78, 5) is 12.3. The van der Waals surface area contributed by atoms with Gasteiger partial charge in [-0.2, -0.15) is 0 Å². The second-order valence-electron chi connectivity index (χ2n) is 7.14. The molecule has 3 nitrogen and oxygen atoms in total. The molecule has 1 fully saturated rings. The number of benzene rings is 2. The molecule has 2 aromatic carbocycles. The Labute approximate surface area is 153 Å². The minimum absolute atomic E-state index is 0.0796. The molecule has 4 rings (SSSR count). The van der Waals surface area contributed by atoms with E-state index in [4.69, 9.17) is 16.3 Å². The average Bonchev–Trinajstić information content (AvgIpc) is 2.98. The number of carbonyl (C=O) groups excluding carboxylic acids is 1. The van der Waals surface area contributed by atoms with Crippen molar-refractivity contribution in [3.63, 3.8) is 0 Å². The van der Waals surface area contributed by atoms with Gasteiger partial charge in [0, 0.05) is 17.1 Å². The molecule has 0 radical (unpaired) electrons. The normalized spacial score (nSPS) is 24.9. The van der Waals surface area contributed by atoms with Gasteiger partial charge in [-0.1, -0.05) is 35.9 Å². The van der Waals surface area contributed by atoms with E-state index in [1.807, 2.05) is 12.1 Å². The minimum atomic E-state index is -0.111. The number of hydrogen-bond acceptors (Lipinski definition) is 2. The van der Waals surface area contributed by atoms with Crippen molar-refractivity contribution in [3.05, 3.63) is 64.7 Å². The van der Waals surface area contributed by atoms with Crippen LogP contribution >= 0.6 is 11.6 Å². The van der Waals surface area contributed by atoms with E-state index in [1.165, 1.54) is 11.1 Å². The van der Waals surface area contributed by atoms with Gasteiger partial charge in [-0.3, -0.25) is 4.79 Å². The van der Waals surface area contributed by atoms with Crippen molar-refractivity contribution in [3.8, 4) is 0 Å². The molecule has 0 aromatic heterocycles. The Balaban J connectivity index is 1.33. The molecule has 0 bridgehead atoms. The first kappa shape index (κ1) is 16.6. The predicted molar refractivity (Wildman–Crippen MR) is 99.6 cm³/mol. The highest BCUT2D eigenvalue weighted by Crippen LogP contribution is 2.48. The maximum Gasteiger partial charge on any atom is 0.224 e. The Morgan fingerprint density at radius 1 is 1.12 bits per heavy atom. The second-order valence-corrected chi connectivity index (χ2v) is 7.58. The molecule has 1 aliphatic heterocycles. The molecule has 130 valence electrons. The van der Waals surface area contributed by atoms with E-state index in [2.05, 4.69) is 29.6 Å². The van der Waals surface area contributed by atoms with Crippen LogP contribution in [0.3, 0.4) is 0 Å². The van der Waals surface area contributed by atoms with Crippen LogP contribution in [0.5, 0.6) is 0 Å². The van der Waals surface area contributed by atoms with E-state index < -0.39 is 0 Å². The van der Waals surface area contributed by atoms with Gasteiger partial charge in [0.1, 0.15) is 0 Å². The summed E-state index contributed by atoms with van der Waals surface area (Å²) in [6.45, 7) is 0.720. The number of rotatable bonds is 3. The maximum absolute atomic E-state index is 12.3. The summed E-state index contributed by atoms with van der Waals surface area (Å²) in [5.74, 6) is 0.505. The van der Waals surface area contributed by atoms with Crippen LogP contribution < -0.4 is 5.32 Å². The molecule has 1 saturated carbocycles. The summed E-state index contributed by atoms with van der Waals surface area (Å²) in [6, 6.07) is 15.8. The lowest BCUT2D eigenvalue weighted by atomic mass is 9.74. The molecular weight excluding hydrogens is 334 g/mol. The fourth-order valence-electron chi connectivity index (χ4n) is 4.15. The van der Waals surface area contributed by atoms with Crippen molar-refractivity contribution in [2.75, 3.05) is 5.32 Å². The van der Waals surface area contributed by atoms with Crippen molar-refractivity contribution in [2.45, 2.75) is 44.3 Å². The number of fused-ring (bicyclic) bond motifs is 2. The predicted octanol–water partition coefficient (Wildman–Crippen LogP) is 5.28. The van der Waals surface area contributed by atoms with Gasteiger partial charge in [0.05, 0.1) is 12.2 Å². The molecule has 1 N–H and O–H groups in total. The summed E-state index contributed by atoms with van der Waals surface area (Å²) in [5, 5.41) is 3.64. The molecule has 2 aliphatic rings. The van der Waals surface area contributed by atoms with Crippen LogP contribution in [-0.4, -0.2) is 5.91 Å². The number of ether oxygens (including phenoxy) is 1. The third-order valence-electron chi connectivity index (χ3n) is 5.53. The van der Waals surface area contributed by atoms with Crippen molar-refractivity contribution < 1.29 is 9.53 Å². The number of amides is 1. The Morgan fingerprint density at radius 2 is 1.84 bits per heavy atom. The number of carbonyl (C=O) groups is 1. The Morgan fingerprint density at radius 3 is 2.60 bits per heavy atom. The van der Waals surface area contributed by atoms with Crippen molar-refractivity contribution in [2.24, 2.45) is 5.92 Å². The number of halogens is 1. The Hall–Kier alpha value is -1.84. The van der Waals surface area contributed by atoms with Crippen molar-refractivity contribution in [1.29, 1.82) is 0 Å². The van der Waals surface area contributed by atoms with Crippen LogP contribution in [0.25, 0.3) is 0 Å². The van der Waals surface area contributed by atoms with E-state index in [-0.39, 0.29) is 11.5 Å². The number of nitrogens with one attached hydrogen (secondary N) is 1.